The fourth-order valence-corrected chi connectivity index (χ4v) is 7.54. The van der Waals surface area contributed by atoms with Gasteiger partial charge in [-0.15, -0.1) is 0 Å². The predicted octanol–water partition coefficient (Wildman–Crippen LogP) is 3.65. The third-order valence-electron chi connectivity index (χ3n) is 7.23. The maximum absolute atomic E-state index is 15.2. The average molecular weight is 485 g/mol. The number of halogens is 1. The summed E-state index contributed by atoms with van der Waals surface area (Å²) in [4.78, 5) is 6.30. The molecule has 3 aromatic rings. The van der Waals surface area contributed by atoms with Crippen molar-refractivity contribution in [2.24, 2.45) is 0 Å². The first-order valence-corrected chi connectivity index (χ1v) is 13.3. The van der Waals surface area contributed by atoms with Crippen LogP contribution < -0.4 is 10.2 Å². The van der Waals surface area contributed by atoms with Crippen LogP contribution in [0, 0.1) is 5.82 Å². The van der Waals surface area contributed by atoms with E-state index in [1.165, 1.54) is 12.5 Å². The van der Waals surface area contributed by atoms with E-state index in [0.717, 1.165) is 43.0 Å². The molecule has 9 heteroatoms. The highest BCUT2D eigenvalue weighted by molar-refractivity contribution is 7.92. The molecule has 1 N–H and O–H groups in total. The van der Waals surface area contributed by atoms with E-state index < -0.39 is 20.3 Å². The number of rotatable bonds is 5. The van der Waals surface area contributed by atoms with Gasteiger partial charge in [-0.25, -0.2) is 12.8 Å². The molecule has 7 nitrogen and oxygen atoms in total. The Bertz CT molecular complexity index is 1210. The lowest BCUT2D eigenvalue weighted by atomic mass is 9.95. The quantitative estimate of drug-likeness (QED) is 0.591. The van der Waals surface area contributed by atoms with Gasteiger partial charge in [0.1, 0.15) is 5.82 Å². The molecule has 2 fully saturated rings. The van der Waals surface area contributed by atoms with Gasteiger partial charge >= 0.3 is 0 Å². The van der Waals surface area contributed by atoms with Crippen LogP contribution in [0.2, 0.25) is 0 Å². The molecule has 2 aliphatic heterocycles. The Morgan fingerprint density at radius 3 is 2.59 bits per heavy atom. The van der Waals surface area contributed by atoms with Gasteiger partial charge < -0.3 is 14.7 Å². The van der Waals surface area contributed by atoms with E-state index >= 15 is 4.39 Å². The third kappa shape index (κ3) is 4.46. The van der Waals surface area contributed by atoms with Crippen LogP contribution in [0.4, 0.5) is 10.1 Å². The van der Waals surface area contributed by atoms with E-state index in [0.29, 0.717) is 12.1 Å². The molecule has 2 aliphatic rings. The number of benzene rings is 2. The van der Waals surface area contributed by atoms with Crippen LogP contribution in [0.25, 0.3) is 0 Å². The van der Waals surface area contributed by atoms with Crippen molar-refractivity contribution in [1.29, 1.82) is 0 Å². The Balaban J connectivity index is 1.30. The Kier molecular flexibility index (Phi) is 6.40. The molecule has 0 radical (unpaired) electrons. The summed E-state index contributed by atoms with van der Waals surface area (Å²) in [5, 5.41) is 5.95. The van der Waals surface area contributed by atoms with Crippen LogP contribution >= 0.6 is 0 Å². The van der Waals surface area contributed by atoms with Crippen LogP contribution in [0.5, 0.6) is 0 Å². The van der Waals surface area contributed by atoms with Crippen molar-refractivity contribution in [3.8, 4) is 0 Å². The molecule has 1 aromatic heterocycles. The average Bonchev–Trinajstić information content (AvgIpc) is 3.38. The lowest BCUT2D eigenvalue weighted by Gasteiger charge is -2.36. The maximum Gasteiger partial charge on any atom is 0.213 e. The molecule has 0 saturated carbocycles. The zero-order valence-electron chi connectivity index (χ0n) is 19.1. The van der Waals surface area contributed by atoms with Crippen LogP contribution in [0.15, 0.2) is 59.4 Å². The van der Waals surface area contributed by atoms with E-state index in [2.05, 4.69) is 20.4 Å². The third-order valence-corrected chi connectivity index (χ3v) is 9.89. The molecule has 5 rings (SSSR count). The van der Waals surface area contributed by atoms with Gasteiger partial charge in [-0.3, -0.25) is 0 Å². The summed E-state index contributed by atoms with van der Waals surface area (Å²) in [6.45, 7) is 3.78. The SMILES string of the molecule is C[C@@H]1NCC(c2ccccc2)S(=O)(=O)C1Cc1ccc(N2CCC(c3ncon3)CC2)cc1F. The molecule has 0 spiro atoms. The molecule has 3 atom stereocenters. The number of hydrogen-bond acceptors (Lipinski definition) is 7. The minimum absolute atomic E-state index is 0.145. The van der Waals surface area contributed by atoms with Crippen molar-refractivity contribution in [3.05, 3.63) is 77.7 Å². The Morgan fingerprint density at radius 1 is 1.15 bits per heavy atom. The van der Waals surface area contributed by atoms with Gasteiger partial charge in [0.25, 0.3) is 0 Å². The lowest BCUT2D eigenvalue weighted by molar-refractivity contribution is 0.393. The van der Waals surface area contributed by atoms with Gasteiger partial charge in [-0.2, -0.15) is 4.98 Å². The number of nitrogens with one attached hydrogen (secondary N) is 1. The zero-order chi connectivity index (χ0) is 23.7. The smallest absolute Gasteiger partial charge is 0.213 e. The second-order valence-corrected chi connectivity index (χ2v) is 11.6. The number of hydrogen-bond donors (Lipinski definition) is 1. The van der Waals surface area contributed by atoms with E-state index in [1.807, 2.05) is 43.3 Å². The zero-order valence-corrected chi connectivity index (χ0v) is 19.9. The van der Waals surface area contributed by atoms with Crippen molar-refractivity contribution in [1.82, 2.24) is 15.5 Å². The molecular formula is C25H29FN4O3S. The van der Waals surface area contributed by atoms with Crippen molar-refractivity contribution >= 4 is 15.5 Å². The number of anilines is 1. The van der Waals surface area contributed by atoms with E-state index in [9.17, 15) is 8.42 Å². The lowest BCUT2D eigenvalue weighted by Crippen LogP contribution is -2.53. The summed E-state index contributed by atoms with van der Waals surface area (Å²) in [6.07, 6.45) is 3.23. The number of aromatic nitrogens is 2. The van der Waals surface area contributed by atoms with Gasteiger partial charge in [0.15, 0.2) is 15.7 Å². The maximum atomic E-state index is 15.2. The van der Waals surface area contributed by atoms with Crippen molar-refractivity contribution in [3.63, 3.8) is 0 Å². The number of sulfone groups is 1. The molecule has 180 valence electrons. The molecule has 3 heterocycles. The second kappa shape index (κ2) is 9.46. The summed E-state index contributed by atoms with van der Waals surface area (Å²) >= 11 is 0. The largest absolute Gasteiger partial charge is 0.371 e. The van der Waals surface area contributed by atoms with Crippen LogP contribution in [-0.4, -0.2) is 49.5 Å². The summed E-state index contributed by atoms with van der Waals surface area (Å²) in [6, 6.07) is 14.2. The Morgan fingerprint density at radius 2 is 1.91 bits per heavy atom. The first-order valence-electron chi connectivity index (χ1n) is 11.7. The normalized spacial score (nSPS) is 25.4. The number of piperidine rings is 1. The van der Waals surface area contributed by atoms with E-state index in [1.54, 1.807) is 6.07 Å². The van der Waals surface area contributed by atoms with Gasteiger partial charge in [0.2, 0.25) is 6.39 Å². The standard InChI is InChI=1S/C25H29FN4O3S/c1-17-23(34(31,32)24(15-27-17)18-5-3-2-4-6-18)13-20-7-8-21(14-22(20)26)30-11-9-19(10-12-30)25-28-16-33-29-25/h2-8,14,16-17,19,23-24,27H,9-13,15H2,1H3/t17-,23?,24?/m0/s1. The monoisotopic (exact) mass is 484 g/mol. The van der Waals surface area contributed by atoms with Gasteiger partial charge in [0, 0.05) is 37.3 Å². The molecular weight excluding hydrogens is 455 g/mol. The van der Waals surface area contributed by atoms with Crippen LogP contribution in [0.3, 0.4) is 0 Å². The first kappa shape index (κ1) is 23.0. The summed E-state index contributed by atoms with van der Waals surface area (Å²) in [5.41, 5.74) is 2.01. The molecule has 2 unspecified atom stereocenters. The summed E-state index contributed by atoms with van der Waals surface area (Å²) < 4.78 is 47.0. The number of nitrogens with zero attached hydrogens (tertiary/aromatic N) is 3. The molecule has 0 aliphatic carbocycles. The topological polar surface area (TPSA) is 88.3 Å². The highest BCUT2D eigenvalue weighted by Crippen LogP contribution is 2.34. The Hall–Kier alpha value is -2.78. The minimum Gasteiger partial charge on any atom is -0.371 e. The van der Waals surface area contributed by atoms with Crippen molar-refractivity contribution in [2.75, 3.05) is 24.5 Å². The fourth-order valence-electron chi connectivity index (χ4n) is 5.17. The highest BCUT2D eigenvalue weighted by atomic mass is 32.2. The highest BCUT2D eigenvalue weighted by Gasteiger charge is 2.42. The van der Waals surface area contributed by atoms with E-state index in [-0.39, 0.29) is 24.2 Å². The summed E-state index contributed by atoms with van der Waals surface area (Å²) in [5.74, 6) is 0.621. The van der Waals surface area contributed by atoms with Gasteiger partial charge in [-0.05, 0) is 49.4 Å². The fraction of sp³-hybridized carbons (Fsp3) is 0.440. The van der Waals surface area contributed by atoms with Crippen molar-refractivity contribution in [2.45, 2.75) is 48.6 Å². The molecule has 34 heavy (non-hydrogen) atoms. The van der Waals surface area contributed by atoms with Gasteiger partial charge in [0.05, 0.1) is 10.5 Å². The second-order valence-electron chi connectivity index (χ2n) is 9.25. The van der Waals surface area contributed by atoms with Crippen LogP contribution in [0.1, 0.15) is 47.9 Å². The molecule has 2 aromatic carbocycles. The molecule has 0 bridgehead atoms. The van der Waals surface area contributed by atoms with Crippen LogP contribution in [-0.2, 0) is 16.3 Å². The van der Waals surface area contributed by atoms with Crippen molar-refractivity contribution < 1.29 is 17.3 Å². The van der Waals surface area contributed by atoms with Gasteiger partial charge in [-0.1, -0.05) is 41.6 Å². The Labute approximate surface area is 199 Å². The molecule has 2 saturated heterocycles. The minimum atomic E-state index is -3.50. The summed E-state index contributed by atoms with van der Waals surface area (Å²) in [7, 11) is -3.50. The van der Waals surface area contributed by atoms with E-state index in [4.69, 9.17) is 4.52 Å². The predicted molar refractivity (Wildman–Crippen MR) is 128 cm³/mol. The first-order chi connectivity index (χ1) is 16.4. The molecule has 0 amide bonds.